The minimum absolute atomic E-state index is 0.664. The first-order valence-corrected chi connectivity index (χ1v) is 2.55. The van der Waals surface area contributed by atoms with Crippen molar-refractivity contribution < 1.29 is 5.48 Å². The standard InChI is InChI=1S/C4H12N2O/c5-3-1-2-4-6-7/h1-6H2. The molecule has 7 heavy (non-hydrogen) atoms. The van der Waals surface area contributed by atoms with Crippen molar-refractivity contribution in [2.75, 3.05) is 13.1 Å². The Balaban J connectivity index is 2.45. The number of quaternary nitrogens is 1. The third kappa shape index (κ3) is 5.88. The molecule has 0 spiro atoms. The zero-order valence-corrected chi connectivity index (χ0v) is 4.39. The quantitative estimate of drug-likeness (QED) is 0.347. The molecule has 0 aromatic carbocycles. The Morgan fingerprint density at radius 3 is 2.57 bits per heavy atom. The van der Waals surface area contributed by atoms with E-state index in [1.54, 1.807) is 0 Å². The van der Waals surface area contributed by atoms with Gasteiger partial charge in [0.2, 0.25) is 0 Å². The highest BCUT2D eigenvalue weighted by Gasteiger charge is 1.80. The molecule has 4 N–H and O–H groups in total. The van der Waals surface area contributed by atoms with E-state index in [4.69, 9.17) is 5.73 Å². The van der Waals surface area contributed by atoms with Gasteiger partial charge in [-0.3, -0.25) is 0 Å². The first-order chi connectivity index (χ1) is 3.41. The molecule has 0 unspecified atom stereocenters. The van der Waals surface area contributed by atoms with Crippen LogP contribution in [0.2, 0.25) is 0 Å². The molecule has 0 aromatic rings. The Morgan fingerprint density at radius 2 is 2.14 bits per heavy atom. The Kier molecular flexibility index (Phi) is 5.78. The fourth-order valence-corrected chi connectivity index (χ4v) is 0.372. The van der Waals surface area contributed by atoms with E-state index in [2.05, 4.69) is 0 Å². The van der Waals surface area contributed by atoms with Crippen molar-refractivity contribution in [2.24, 2.45) is 5.73 Å². The molecule has 0 aliphatic carbocycles. The maximum Gasteiger partial charge on any atom is 0.0753 e. The van der Waals surface area contributed by atoms with Crippen molar-refractivity contribution in [2.45, 2.75) is 12.8 Å². The van der Waals surface area contributed by atoms with Crippen molar-refractivity contribution in [3.63, 3.8) is 0 Å². The molecule has 0 fully saturated rings. The van der Waals surface area contributed by atoms with E-state index >= 15 is 0 Å². The van der Waals surface area contributed by atoms with Gasteiger partial charge in [-0.1, -0.05) is 0 Å². The van der Waals surface area contributed by atoms with Crippen molar-refractivity contribution in [1.82, 2.24) is 0 Å². The van der Waals surface area contributed by atoms with E-state index < -0.39 is 0 Å². The van der Waals surface area contributed by atoms with Crippen LogP contribution in [0.25, 0.3) is 0 Å². The monoisotopic (exact) mass is 104 g/mol. The smallest absolute Gasteiger partial charge is 0.0753 e. The van der Waals surface area contributed by atoms with Crippen LogP contribution in [0.15, 0.2) is 0 Å². The lowest BCUT2D eigenvalue weighted by Crippen LogP contribution is -2.77. The summed E-state index contributed by atoms with van der Waals surface area (Å²) in [7, 11) is 0. The van der Waals surface area contributed by atoms with E-state index in [1.807, 2.05) is 0 Å². The van der Waals surface area contributed by atoms with E-state index in [0.717, 1.165) is 18.3 Å². The van der Waals surface area contributed by atoms with Gasteiger partial charge in [0, 0.05) is 0 Å². The van der Waals surface area contributed by atoms with Crippen LogP contribution in [0.5, 0.6) is 0 Å². The van der Waals surface area contributed by atoms with E-state index in [1.165, 1.54) is 0 Å². The second-order valence-electron chi connectivity index (χ2n) is 1.45. The molecular weight excluding hydrogens is 92.1 g/mol. The number of hydrogen-bond acceptors (Lipinski definition) is 2. The van der Waals surface area contributed by atoms with Gasteiger partial charge >= 0.3 is 0 Å². The maximum absolute atomic E-state index is 9.64. The minimum atomic E-state index is 0.664. The summed E-state index contributed by atoms with van der Waals surface area (Å²) in [5.41, 5.74) is 6.08. The molecular formula is C4H12N2O. The topological polar surface area (TPSA) is 65.7 Å². The highest BCUT2D eigenvalue weighted by molar-refractivity contribution is 4.35. The zero-order chi connectivity index (χ0) is 5.54. The number of hydrogen-bond donors (Lipinski definition) is 2. The number of nitrogens with two attached hydrogens (primary N) is 2. The Morgan fingerprint density at radius 1 is 1.43 bits per heavy atom. The Bertz CT molecular complexity index is 28.9. The summed E-state index contributed by atoms with van der Waals surface area (Å²) in [6.07, 6.45) is 1.92. The van der Waals surface area contributed by atoms with Crippen LogP contribution in [0.1, 0.15) is 12.8 Å². The predicted molar refractivity (Wildman–Crippen MR) is 28.4 cm³/mol. The van der Waals surface area contributed by atoms with Gasteiger partial charge in [-0.25, -0.2) is 0 Å². The summed E-state index contributed by atoms with van der Waals surface area (Å²) in [5.74, 6) is 0. The van der Waals surface area contributed by atoms with Crippen molar-refractivity contribution in [3.8, 4) is 0 Å². The number of unbranched alkanes of at least 4 members (excludes halogenated alkanes) is 1. The third-order valence-electron chi connectivity index (χ3n) is 0.776. The highest BCUT2D eigenvalue weighted by Crippen LogP contribution is 1.76. The van der Waals surface area contributed by atoms with Gasteiger partial charge in [0.05, 0.1) is 6.54 Å². The fourth-order valence-electron chi connectivity index (χ4n) is 0.372. The Hall–Kier alpha value is -0.120. The van der Waals surface area contributed by atoms with Gasteiger partial charge in [0.25, 0.3) is 0 Å². The van der Waals surface area contributed by atoms with Crippen molar-refractivity contribution >= 4 is 0 Å². The van der Waals surface area contributed by atoms with Gasteiger partial charge in [0.1, 0.15) is 0 Å². The molecule has 0 atom stereocenters. The molecule has 0 saturated carbocycles. The third-order valence-corrected chi connectivity index (χ3v) is 0.776. The number of hydroxylamine groups is 1. The van der Waals surface area contributed by atoms with Gasteiger partial charge < -0.3 is 16.4 Å². The summed E-state index contributed by atoms with van der Waals surface area (Å²) >= 11 is 0. The molecule has 0 aliphatic rings. The second kappa shape index (κ2) is 5.88. The SMILES string of the molecule is NCCCC[NH2+][O-]. The first-order valence-electron chi connectivity index (χ1n) is 2.55. The normalized spacial score (nSPS) is 9.43. The summed E-state index contributed by atoms with van der Waals surface area (Å²) in [5, 5.41) is 9.64. The Labute approximate surface area is 43.5 Å². The number of rotatable bonds is 4. The van der Waals surface area contributed by atoms with Crippen LogP contribution in [-0.4, -0.2) is 13.1 Å². The van der Waals surface area contributed by atoms with E-state index in [-0.39, 0.29) is 0 Å². The average molecular weight is 104 g/mol. The lowest BCUT2D eigenvalue weighted by atomic mass is 10.3. The van der Waals surface area contributed by atoms with Gasteiger partial charge in [-0.05, 0) is 19.4 Å². The van der Waals surface area contributed by atoms with Crippen molar-refractivity contribution in [3.05, 3.63) is 5.21 Å². The average Bonchev–Trinajstić information content (AvgIpc) is 1.69. The van der Waals surface area contributed by atoms with Crippen LogP contribution in [0.4, 0.5) is 0 Å². The summed E-state index contributed by atoms with van der Waals surface area (Å²) in [6.45, 7) is 1.37. The lowest BCUT2D eigenvalue weighted by Gasteiger charge is -1.98. The van der Waals surface area contributed by atoms with Crippen LogP contribution in [-0.2, 0) is 0 Å². The van der Waals surface area contributed by atoms with Gasteiger partial charge in [-0.2, -0.15) is 0 Å². The van der Waals surface area contributed by atoms with E-state index in [0.29, 0.717) is 13.1 Å². The molecule has 0 saturated heterocycles. The predicted octanol–water partition coefficient (Wildman–Crippen LogP) is -1.21. The van der Waals surface area contributed by atoms with Crippen LogP contribution in [0.3, 0.4) is 0 Å². The lowest BCUT2D eigenvalue weighted by molar-refractivity contribution is -0.589. The minimum Gasteiger partial charge on any atom is -0.636 e. The largest absolute Gasteiger partial charge is 0.636 e. The summed E-state index contributed by atoms with van der Waals surface area (Å²) < 4.78 is 0. The zero-order valence-electron chi connectivity index (χ0n) is 4.39. The maximum atomic E-state index is 9.64. The fraction of sp³-hybridized carbons (Fsp3) is 1.00. The highest BCUT2D eigenvalue weighted by atomic mass is 16.5. The molecule has 0 heterocycles. The van der Waals surface area contributed by atoms with Crippen molar-refractivity contribution in [1.29, 1.82) is 0 Å². The first kappa shape index (κ1) is 6.88. The van der Waals surface area contributed by atoms with Gasteiger partial charge in [0.15, 0.2) is 0 Å². The van der Waals surface area contributed by atoms with E-state index in [9.17, 15) is 5.21 Å². The molecule has 0 aromatic heterocycles. The summed E-state index contributed by atoms with van der Waals surface area (Å²) in [4.78, 5) is 0. The van der Waals surface area contributed by atoms with Crippen LogP contribution in [0, 0.1) is 5.21 Å². The molecule has 44 valence electrons. The van der Waals surface area contributed by atoms with Crippen LogP contribution < -0.4 is 11.2 Å². The molecule has 0 rings (SSSR count). The molecule has 0 amide bonds. The molecule has 0 radical (unpaired) electrons. The molecule has 0 aliphatic heterocycles. The molecule has 3 heteroatoms. The summed E-state index contributed by atoms with van der Waals surface area (Å²) in [6, 6.07) is 0. The van der Waals surface area contributed by atoms with Crippen LogP contribution >= 0.6 is 0 Å². The molecule has 0 bridgehead atoms. The van der Waals surface area contributed by atoms with Gasteiger partial charge in [-0.15, -0.1) is 0 Å². The molecule has 3 nitrogen and oxygen atoms in total. The second-order valence-corrected chi connectivity index (χ2v) is 1.45.